The standard InChI is InChI=1S/C14H13NOS/c1-9-8-17-14(15-9)7-13(16)12-6-10-4-2-3-5-11(10)12/h2-5,8,12H,6-7H2,1H3. The number of ketones is 1. The molecule has 1 aliphatic carbocycles. The number of thiazole rings is 1. The molecule has 0 radical (unpaired) electrons. The zero-order valence-electron chi connectivity index (χ0n) is 9.64. The maximum Gasteiger partial charge on any atom is 0.147 e. The zero-order valence-corrected chi connectivity index (χ0v) is 10.5. The summed E-state index contributed by atoms with van der Waals surface area (Å²) in [6.07, 6.45) is 1.39. The highest BCUT2D eigenvalue weighted by Gasteiger charge is 2.31. The van der Waals surface area contributed by atoms with Crippen molar-refractivity contribution in [2.75, 3.05) is 0 Å². The number of hydrogen-bond donors (Lipinski definition) is 0. The Labute approximate surface area is 104 Å². The Balaban J connectivity index is 1.73. The highest BCUT2D eigenvalue weighted by Crippen LogP contribution is 2.36. The van der Waals surface area contributed by atoms with Crippen LogP contribution in [0.15, 0.2) is 29.6 Å². The average molecular weight is 243 g/mol. The lowest BCUT2D eigenvalue weighted by atomic mass is 9.74. The lowest BCUT2D eigenvalue weighted by Crippen LogP contribution is -2.26. The molecule has 2 aromatic rings. The Morgan fingerprint density at radius 1 is 1.47 bits per heavy atom. The summed E-state index contributed by atoms with van der Waals surface area (Å²) in [7, 11) is 0. The van der Waals surface area contributed by atoms with E-state index in [1.165, 1.54) is 11.1 Å². The first-order valence-electron chi connectivity index (χ1n) is 5.75. The summed E-state index contributed by atoms with van der Waals surface area (Å²) in [6, 6.07) is 8.21. The second kappa shape index (κ2) is 4.08. The molecule has 1 aromatic heterocycles. The van der Waals surface area contributed by atoms with Crippen LogP contribution in [0.25, 0.3) is 0 Å². The second-order valence-corrected chi connectivity index (χ2v) is 5.42. The van der Waals surface area contributed by atoms with Crippen molar-refractivity contribution in [1.82, 2.24) is 4.98 Å². The van der Waals surface area contributed by atoms with Crippen molar-refractivity contribution in [1.29, 1.82) is 0 Å². The molecule has 0 spiro atoms. The number of hydrogen-bond acceptors (Lipinski definition) is 3. The molecule has 1 aromatic carbocycles. The van der Waals surface area contributed by atoms with Crippen LogP contribution in [0.3, 0.4) is 0 Å². The summed E-state index contributed by atoms with van der Waals surface area (Å²) in [5.41, 5.74) is 3.54. The zero-order chi connectivity index (χ0) is 11.8. The molecule has 0 saturated carbocycles. The Morgan fingerprint density at radius 3 is 3.00 bits per heavy atom. The van der Waals surface area contributed by atoms with Gasteiger partial charge in [0, 0.05) is 17.0 Å². The number of fused-ring (bicyclic) bond motifs is 1. The molecule has 0 saturated heterocycles. The molecule has 1 heterocycles. The van der Waals surface area contributed by atoms with E-state index in [0.717, 1.165) is 17.1 Å². The minimum atomic E-state index is 0.107. The lowest BCUT2D eigenvalue weighted by Gasteiger charge is -2.28. The van der Waals surface area contributed by atoms with Gasteiger partial charge in [0.05, 0.1) is 6.42 Å². The molecule has 86 valence electrons. The summed E-state index contributed by atoms with van der Waals surface area (Å²) in [4.78, 5) is 16.5. The van der Waals surface area contributed by atoms with Gasteiger partial charge in [-0.25, -0.2) is 4.98 Å². The van der Waals surface area contributed by atoms with Crippen LogP contribution < -0.4 is 0 Å². The molecule has 0 bridgehead atoms. The smallest absolute Gasteiger partial charge is 0.147 e. The summed E-state index contributed by atoms with van der Waals surface area (Å²) >= 11 is 1.58. The number of benzene rings is 1. The van der Waals surface area contributed by atoms with Gasteiger partial charge in [0.1, 0.15) is 10.8 Å². The molecular formula is C14H13NOS. The van der Waals surface area contributed by atoms with E-state index in [2.05, 4.69) is 17.1 Å². The van der Waals surface area contributed by atoms with Gasteiger partial charge in [-0.3, -0.25) is 4.79 Å². The van der Waals surface area contributed by atoms with Gasteiger partial charge in [-0.15, -0.1) is 11.3 Å². The van der Waals surface area contributed by atoms with Gasteiger partial charge >= 0.3 is 0 Å². The van der Waals surface area contributed by atoms with Gasteiger partial charge in [0.15, 0.2) is 0 Å². The van der Waals surface area contributed by atoms with E-state index >= 15 is 0 Å². The van der Waals surface area contributed by atoms with Gasteiger partial charge < -0.3 is 0 Å². The number of carbonyl (C=O) groups excluding carboxylic acids is 1. The molecule has 17 heavy (non-hydrogen) atoms. The summed E-state index contributed by atoms with van der Waals surface area (Å²) in [5.74, 6) is 0.411. The predicted molar refractivity (Wildman–Crippen MR) is 68.4 cm³/mol. The van der Waals surface area contributed by atoms with Crippen molar-refractivity contribution in [3.05, 3.63) is 51.5 Å². The largest absolute Gasteiger partial charge is 0.299 e. The van der Waals surface area contributed by atoms with E-state index in [1.807, 2.05) is 24.4 Å². The first-order chi connectivity index (χ1) is 8.24. The van der Waals surface area contributed by atoms with Gasteiger partial charge in [-0.05, 0) is 24.5 Å². The molecule has 1 unspecified atom stereocenters. The maximum absolute atomic E-state index is 12.1. The molecule has 0 fully saturated rings. The number of aromatic nitrogens is 1. The molecule has 0 N–H and O–H groups in total. The van der Waals surface area contributed by atoms with Crippen LogP contribution in [-0.4, -0.2) is 10.8 Å². The van der Waals surface area contributed by atoms with Crippen LogP contribution in [0, 0.1) is 6.92 Å². The van der Waals surface area contributed by atoms with Crippen LogP contribution >= 0.6 is 11.3 Å². The Hall–Kier alpha value is -1.48. The van der Waals surface area contributed by atoms with Crippen LogP contribution in [0.5, 0.6) is 0 Å². The minimum Gasteiger partial charge on any atom is -0.299 e. The fourth-order valence-corrected chi connectivity index (χ4v) is 3.08. The molecule has 3 rings (SSSR count). The second-order valence-electron chi connectivity index (χ2n) is 4.48. The topological polar surface area (TPSA) is 30.0 Å². The fraction of sp³-hybridized carbons (Fsp3) is 0.286. The molecular weight excluding hydrogens is 230 g/mol. The molecule has 2 nitrogen and oxygen atoms in total. The fourth-order valence-electron chi connectivity index (χ4n) is 2.30. The Kier molecular flexibility index (Phi) is 2.56. The lowest BCUT2D eigenvalue weighted by molar-refractivity contribution is -0.120. The van der Waals surface area contributed by atoms with E-state index in [1.54, 1.807) is 11.3 Å². The molecule has 0 aliphatic heterocycles. The van der Waals surface area contributed by atoms with Crippen molar-refractivity contribution in [3.8, 4) is 0 Å². The SMILES string of the molecule is Cc1csc(CC(=O)C2Cc3ccccc32)n1. The van der Waals surface area contributed by atoms with Crippen LogP contribution in [0.2, 0.25) is 0 Å². The van der Waals surface area contributed by atoms with Crippen LogP contribution in [0.4, 0.5) is 0 Å². The minimum absolute atomic E-state index is 0.107. The number of carbonyl (C=O) groups is 1. The first-order valence-corrected chi connectivity index (χ1v) is 6.63. The highest BCUT2D eigenvalue weighted by atomic mass is 32.1. The summed E-state index contributed by atoms with van der Waals surface area (Å²) in [6.45, 7) is 1.96. The third-order valence-corrected chi connectivity index (χ3v) is 4.20. The molecule has 1 aliphatic rings. The number of Topliss-reactive ketones (excluding diaryl/α,β-unsaturated/α-hetero) is 1. The Morgan fingerprint density at radius 2 is 2.29 bits per heavy atom. The van der Waals surface area contributed by atoms with Gasteiger partial charge in [0.25, 0.3) is 0 Å². The monoisotopic (exact) mass is 243 g/mol. The average Bonchev–Trinajstić information content (AvgIpc) is 2.66. The van der Waals surface area contributed by atoms with Crippen molar-refractivity contribution >= 4 is 17.1 Å². The summed E-state index contributed by atoms with van der Waals surface area (Å²) < 4.78 is 0. The van der Waals surface area contributed by atoms with E-state index in [-0.39, 0.29) is 5.92 Å². The molecule has 3 heteroatoms. The first kappa shape index (κ1) is 10.7. The summed E-state index contributed by atoms with van der Waals surface area (Å²) in [5, 5.41) is 2.94. The van der Waals surface area contributed by atoms with Crippen molar-refractivity contribution in [2.24, 2.45) is 0 Å². The van der Waals surface area contributed by atoms with E-state index in [0.29, 0.717) is 12.2 Å². The number of rotatable bonds is 3. The number of aryl methyl sites for hydroxylation is 1. The van der Waals surface area contributed by atoms with E-state index in [9.17, 15) is 4.79 Å². The number of nitrogens with zero attached hydrogens (tertiary/aromatic N) is 1. The van der Waals surface area contributed by atoms with Crippen LogP contribution in [-0.2, 0) is 17.6 Å². The Bertz CT molecular complexity index is 573. The van der Waals surface area contributed by atoms with Gasteiger partial charge in [0.2, 0.25) is 0 Å². The highest BCUT2D eigenvalue weighted by molar-refractivity contribution is 7.09. The van der Waals surface area contributed by atoms with E-state index < -0.39 is 0 Å². The van der Waals surface area contributed by atoms with Gasteiger partial charge in [-0.1, -0.05) is 24.3 Å². The van der Waals surface area contributed by atoms with Gasteiger partial charge in [-0.2, -0.15) is 0 Å². The maximum atomic E-state index is 12.1. The quantitative estimate of drug-likeness (QED) is 0.829. The normalized spacial score (nSPS) is 17.4. The molecule has 0 amide bonds. The van der Waals surface area contributed by atoms with Crippen LogP contribution in [0.1, 0.15) is 27.7 Å². The van der Waals surface area contributed by atoms with E-state index in [4.69, 9.17) is 0 Å². The molecule has 1 atom stereocenters. The predicted octanol–water partition coefficient (Wildman–Crippen LogP) is 2.90. The van der Waals surface area contributed by atoms with Crippen molar-refractivity contribution in [3.63, 3.8) is 0 Å². The van der Waals surface area contributed by atoms with Crippen molar-refractivity contribution in [2.45, 2.75) is 25.7 Å². The third-order valence-electron chi connectivity index (χ3n) is 3.24. The van der Waals surface area contributed by atoms with Crippen molar-refractivity contribution < 1.29 is 4.79 Å². The third kappa shape index (κ3) is 1.91.